The molecule has 1 fully saturated rings. The minimum Gasteiger partial charge on any atom is -0.496 e. The van der Waals surface area contributed by atoms with E-state index in [0.717, 1.165) is 17.3 Å². The average molecular weight is 342 g/mol. The summed E-state index contributed by atoms with van der Waals surface area (Å²) in [4.78, 5) is 12.3. The predicted octanol–water partition coefficient (Wildman–Crippen LogP) is 1.71. The second-order valence-corrected chi connectivity index (χ2v) is 5.57. The molecule has 7 heteroatoms. The van der Waals surface area contributed by atoms with E-state index in [2.05, 4.69) is 26.4 Å². The van der Waals surface area contributed by atoms with Gasteiger partial charge in [-0.3, -0.25) is 4.79 Å². The number of carbonyl (C=O) groups excluding carboxylic acids is 1. The van der Waals surface area contributed by atoms with Crippen LogP contribution in [0, 0.1) is 5.92 Å². The molecule has 6 nitrogen and oxygen atoms in total. The van der Waals surface area contributed by atoms with Crippen molar-refractivity contribution in [1.82, 2.24) is 5.32 Å². The summed E-state index contributed by atoms with van der Waals surface area (Å²) in [6, 6.07) is 4.69. The van der Waals surface area contributed by atoms with Crippen molar-refractivity contribution in [2.45, 2.75) is 18.9 Å². The van der Waals surface area contributed by atoms with Crippen LogP contribution in [0.1, 0.15) is 23.2 Å². The van der Waals surface area contributed by atoms with Crippen LogP contribution in [0.3, 0.4) is 0 Å². The zero-order valence-electron chi connectivity index (χ0n) is 11.0. The Hall–Kier alpha value is -1.76. The molecule has 0 radical (unpaired) electrons. The molecule has 1 saturated carbocycles. The van der Waals surface area contributed by atoms with E-state index in [4.69, 9.17) is 15.7 Å². The van der Waals surface area contributed by atoms with Crippen LogP contribution < -0.4 is 15.8 Å². The lowest BCUT2D eigenvalue weighted by Crippen LogP contribution is -2.46. The number of methoxy groups -OCH3 is 1. The monoisotopic (exact) mass is 341 g/mol. The van der Waals surface area contributed by atoms with Gasteiger partial charge in [-0.15, -0.1) is 0 Å². The summed E-state index contributed by atoms with van der Waals surface area (Å²) in [5.74, 6) is 0.414. The maximum atomic E-state index is 12.3. The molecule has 108 valence electrons. The Bertz CT molecular complexity index is 544. The molecule has 0 aromatic heterocycles. The Morgan fingerprint density at radius 3 is 2.85 bits per heavy atom. The summed E-state index contributed by atoms with van der Waals surface area (Å²) < 4.78 is 6.01. The van der Waals surface area contributed by atoms with Gasteiger partial charge in [0.25, 0.3) is 5.91 Å². The van der Waals surface area contributed by atoms with Gasteiger partial charge < -0.3 is 21.0 Å². The summed E-state index contributed by atoms with van der Waals surface area (Å²) in [5.41, 5.74) is 6.04. The molecular weight excluding hydrogens is 326 g/mol. The van der Waals surface area contributed by atoms with Gasteiger partial charge in [0.2, 0.25) is 0 Å². The maximum Gasteiger partial charge on any atom is 0.255 e. The average Bonchev–Trinajstić information content (AvgIpc) is 3.27. The van der Waals surface area contributed by atoms with E-state index in [1.165, 1.54) is 7.11 Å². The fourth-order valence-electron chi connectivity index (χ4n) is 2.00. The Labute approximate surface area is 125 Å². The van der Waals surface area contributed by atoms with Crippen molar-refractivity contribution >= 4 is 27.7 Å². The van der Waals surface area contributed by atoms with Crippen LogP contribution >= 0.6 is 15.9 Å². The number of nitrogens with one attached hydrogen (secondary N) is 1. The zero-order valence-corrected chi connectivity index (χ0v) is 12.6. The summed E-state index contributed by atoms with van der Waals surface area (Å²) in [7, 11) is 1.50. The fourth-order valence-corrected chi connectivity index (χ4v) is 2.34. The second kappa shape index (κ2) is 6.13. The Balaban J connectivity index is 2.18. The molecule has 1 aliphatic rings. The number of oxime groups is 1. The van der Waals surface area contributed by atoms with Crippen LogP contribution in [0.2, 0.25) is 0 Å². The molecule has 0 spiro atoms. The lowest BCUT2D eigenvalue weighted by Gasteiger charge is -2.17. The number of ether oxygens (including phenoxy) is 1. The number of nitrogens with zero attached hydrogens (tertiary/aromatic N) is 1. The van der Waals surface area contributed by atoms with Crippen molar-refractivity contribution < 1.29 is 14.7 Å². The van der Waals surface area contributed by atoms with E-state index >= 15 is 0 Å². The summed E-state index contributed by atoms with van der Waals surface area (Å²) >= 11 is 3.32. The fraction of sp³-hybridized carbons (Fsp3) is 0.385. The zero-order chi connectivity index (χ0) is 14.7. The second-order valence-electron chi connectivity index (χ2n) is 4.66. The van der Waals surface area contributed by atoms with E-state index in [1.807, 2.05) is 0 Å². The molecule has 2 rings (SSSR count). The smallest absolute Gasteiger partial charge is 0.255 e. The van der Waals surface area contributed by atoms with Gasteiger partial charge in [0.15, 0.2) is 5.84 Å². The molecule has 4 N–H and O–H groups in total. The van der Waals surface area contributed by atoms with Gasteiger partial charge in [-0.2, -0.15) is 0 Å². The van der Waals surface area contributed by atoms with Crippen molar-refractivity contribution in [3.05, 3.63) is 28.2 Å². The SMILES string of the molecule is COc1cc(Br)ccc1C(=O)NC(/C(N)=N/O)C1CC1. The lowest BCUT2D eigenvalue weighted by atomic mass is 10.1. The molecule has 1 aliphatic carbocycles. The molecule has 1 aromatic carbocycles. The largest absolute Gasteiger partial charge is 0.496 e. The highest BCUT2D eigenvalue weighted by molar-refractivity contribution is 9.10. The van der Waals surface area contributed by atoms with Crippen molar-refractivity contribution in [2.24, 2.45) is 16.8 Å². The third kappa shape index (κ3) is 3.22. The van der Waals surface area contributed by atoms with Crippen LogP contribution in [0.4, 0.5) is 0 Å². The first kappa shape index (κ1) is 14.6. The number of carbonyl (C=O) groups is 1. The van der Waals surface area contributed by atoms with Crippen molar-refractivity contribution in [1.29, 1.82) is 0 Å². The molecule has 0 saturated heterocycles. The predicted molar refractivity (Wildman–Crippen MR) is 78.1 cm³/mol. The van der Waals surface area contributed by atoms with Gasteiger partial charge in [-0.25, -0.2) is 0 Å². The maximum absolute atomic E-state index is 12.3. The Morgan fingerprint density at radius 1 is 1.60 bits per heavy atom. The van der Waals surface area contributed by atoms with Crippen molar-refractivity contribution in [2.75, 3.05) is 7.11 Å². The first-order valence-electron chi connectivity index (χ1n) is 6.18. The standard InChI is InChI=1S/C13H16BrN3O3/c1-20-10-6-8(14)4-5-9(10)13(18)16-11(7-2-3-7)12(15)17-19/h4-7,11,19H,2-3H2,1H3,(H2,15,17)(H,16,18). The van der Waals surface area contributed by atoms with Crippen molar-refractivity contribution in [3.8, 4) is 5.75 Å². The molecule has 20 heavy (non-hydrogen) atoms. The summed E-state index contributed by atoms with van der Waals surface area (Å²) in [6.45, 7) is 0. The molecule has 0 aliphatic heterocycles. The third-order valence-corrected chi connectivity index (χ3v) is 3.72. The van der Waals surface area contributed by atoms with Gasteiger partial charge in [0.05, 0.1) is 18.7 Å². The number of hydrogen-bond acceptors (Lipinski definition) is 4. The van der Waals surface area contributed by atoms with Crippen LogP contribution in [0.15, 0.2) is 27.8 Å². The topological polar surface area (TPSA) is 96.9 Å². The van der Waals surface area contributed by atoms with Crippen molar-refractivity contribution in [3.63, 3.8) is 0 Å². The molecule has 1 aromatic rings. The number of nitrogens with two attached hydrogens (primary N) is 1. The molecule has 1 atom stereocenters. The minimum atomic E-state index is -0.444. The highest BCUT2D eigenvalue weighted by Gasteiger charge is 2.35. The molecule has 1 amide bonds. The van der Waals surface area contributed by atoms with E-state index in [9.17, 15) is 4.79 Å². The third-order valence-electron chi connectivity index (χ3n) is 3.22. The minimum absolute atomic E-state index is 0.0249. The first-order chi connectivity index (χ1) is 9.56. The number of rotatable bonds is 5. The highest BCUT2D eigenvalue weighted by atomic mass is 79.9. The van der Waals surface area contributed by atoms with Crippen LogP contribution in [-0.4, -0.2) is 30.1 Å². The number of amidine groups is 1. The molecule has 1 unspecified atom stereocenters. The Morgan fingerprint density at radius 2 is 2.30 bits per heavy atom. The molecular formula is C13H16BrN3O3. The van der Waals surface area contributed by atoms with Gasteiger partial charge in [0.1, 0.15) is 5.75 Å². The van der Waals surface area contributed by atoms with E-state index in [-0.39, 0.29) is 17.7 Å². The van der Waals surface area contributed by atoms with Crippen LogP contribution in [0.25, 0.3) is 0 Å². The van der Waals surface area contributed by atoms with Gasteiger partial charge in [-0.1, -0.05) is 21.1 Å². The van der Waals surface area contributed by atoms with Gasteiger partial charge >= 0.3 is 0 Å². The number of hydrogen-bond donors (Lipinski definition) is 3. The van der Waals surface area contributed by atoms with Gasteiger partial charge in [0, 0.05) is 4.47 Å². The number of halogens is 1. The number of benzene rings is 1. The number of amides is 1. The van der Waals surface area contributed by atoms with E-state index in [0.29, 0.717) is 11.3 Å². The summed E-state index contributed by atoms with van der Waals surface area (Å²) in [5, 5.41) is 14.6. The molecule has 0 bridgehead atoms. The van der Waals surface area contributed by atoms with Gasteiger partial charge in [-0.05, 0) is 37.0 Å². The van der Waals surface area contributed by atoms with Crippen LogP contribution in [-0.2, 0) is 0 Å². The quantitative estimate of drug-likeness (QED) is 0.328. The van der Waals surface area contributed by atoms with E-state index in [1.54, 1.807) is 18.2 Å². The highest BCUT2D eigenvalue weighted by Crippen LogP contribution is 2.33. The van der Waals surface area contributed by atoms with E-state index < -0.39 is 6.04 Å². The molecule has 0 heterocycles. The normalized spacial score (nSPS) is 16.6. The van der Waals surface area contributed by atoms with Crippen LogP contribution in [0.5, 0.6) is 5.75 Å². The summed E-state index contributed by atoms with van der Waals surface area (Å²) in [6.07, 6.45) is 1.91. The Kier molecular flexibility index (Phi) is 4.49. The first-order valence-corrected chi connectivity index (χ1v) is 6.98. The lowest BCUT2D eigenvalue weighted by molar-refractivity contribution is 0.0940.